The summed E-state index contributed by atoms with van der Waals surface area (Å²) in [5.74, 6) is -1.79. The van der Waals surface area contributed by atoms with Gasteiger partial charge < -0.3 is 14.9 Å². The summed E-state index contributed by atoms with van der Waals surface area (Å²) in [4.78, 5) is 11.0. The molecule has 1 aliphatic carbocycles. The second-order valence-corrected chi connectivity index (χ2v) is 5.61. The summed E-state index contributed by atoms with van der Waals surface area (Å²) in [7, 11) is 1.31. The van der Waals surface area contributed by atoms with Crippen molar-refractivity contribution in [2.75, 3.05) is 7.11 Å². The number of carbonyl (C=O) groups is 1. The molecule has 1 aliphatic rings. The van der Waals surface area contributed by atoms with Crippen LogP contribution in [-0.4, -0.2) is 23.3 Å². The van der Waals surface area contributed by atoms with Crippen LogP contribution < -0.4 is 4.74 Å². The Labute approximate surface area is 110 Å². The monoisotopic (exact) mass is 268 g/mol. The van der Waals surface area contributed by atoms with Crippen LogP contribution in [0.2, 0.25) is 0 Å². The number of carboxylic acid groups (broad SMARTS) is 1. The zero-order chi connectivity index (χ0) is 14.4. The first kappa shape index (κ1) is 13.8. The van der Waals surface area contributed by atoms with E-state index in [4.69, 9.17) is 9.84 Å². The number of carboxylic acids is 1. The molecule has 0 amide bonds. The molecule has 1 aromatic carbocycles. The van der Waals surface area contributed by atoms with Gasteiger partial charge in [0.1, 0.15) is 5.60 Å². The number of aliphatic carboxylic acids is 1. The van der Waals surface area contributed by atoms with E-state index in [2.05, 4.69) is 0 Å². The van der Waals surface area contributed by atoms with Crippen molar-refractivity contribution in [3.63, 3.8) is 0 Å². The van der Waals surface area contributed by atoms with Gasteiger partial charge in [-0.05, 0) is 18.1 Å². The van der Waals surface area contributed by atoms with Gasteiger partial charge in [-0.15, -0.1) is 0 Å². The van der Waals surface area contributed by atoms with Crippen LogP contribution in [0.15, 0.2) is 12.1 Å². The van der Waals surface area contributed by atoms with Crippen LogP contribution in [0.25, 0.3) is 0 Å². The van der Waals surface area contributed by atoms with Gasteiger partial charge in [-0.25, -0.2) is 4.39 Å². The number of aliphatic hydroxyl groups is 1. The first-order chi connectivity index (χ1) is 8.73. The Morgan fingerprint density at radius 2 is 2.11 bits per heavy atom. The lowest BCUT2D eigenvalue weighted by Crippen LogP contribution is -2.40. The van der Waals surface area contributed by atoms with Crippen molar-refractivity contribution in [1.82, 2.24) is 0 Å². The Morgan fingerprint density at radius 3 is 2.63 bits per heavy atom. The lowest BCUT2D eigenvalue weighted by atomic mass is 9.73. The van der Waals surface area contributed by atoms with Crippen molar-refractivity contribution >= 4 is 5.97 Å². The largest absolute Gasteiger partial charge is 0.493 e. The molecule has 0 spiro atoms. The lowest BCUT2D eigenvalue weighted by Gasteiger charge is -2.36. The Morgan fingerprint density at radius 1 is 1.47 bits per heavy atom. The molecule has 1 aromatic rings. The third kappa shape index (κ3) is 1.89. The van der Waals surface area contributed by atoms with Gasteiger partial charge in [0.05, 0.1) is 13.5 Å². The van der Waals surface area contributed by atoms with Gasteiger partial charge >= 0.3 is 5.97 Å². The summed E-state index contributed by atoms with van der Waals surface area (Å²) in [6.07, 6.45) is -0.00440. The SMILES string of the molecule is COc1c(F)ccc2c1C(O)(CC(=O)O)C(C)(C)C2. The summed E-state index contributed by atoms with van der Waals surface area (Å²) in [6, 6.07) is 2.86. The Hall–Kier alpha value is -1.62. The van der Waals surface area contributed by atoms with E-state index in [0.29, 0.717) is 6.42 Å². The van der Waals surface area contributed by atoms with E-state index >= 15 is 0 Å². The number of benzene rings is 1. The Bertz CT molecular complexity index is 538. The predicted molar refractivity (Wildman–Crippen MR) is 66.6 cm³/mol. The van der Waals surface area contributed by atoms with Crippen LogP contribution in [0.4, 0.5) is 4.39 Å². The van der Waals surface area contributed by atoms with Gasteiger partial charge in [0, 0.05) is 11.0 Å². The standard InChI is InChI=1S/C14H17FO4/c1-13(2)6-8-4-5-9(15)12(19-3)11(8)14(13,18)7-10(16)17/h4-5,18H,6-7H2,1-3H3,(H,16,17). The van der Waals surface area contributed by atoms with Crippen molar-refractivity contribution in [1.29, 1.82) is 0 Å². The quantitative estimate of drug-likeness (QED) is 0.880. The molecule has 19 heavy (non-hydrogen) atoms. The van der Waals surface area contributed by atoms with Gasteiger partial charge in [-0.3, -0.25) is 4.79 Å². The zero-order valence-corrected chi connectivity index (χ0v) is 11.2. The molecule has 104 valence electrons. The van der Waals surface area contributed by atoms with Crippen molar-refractivity contribution < 1.29 is 24.1 Å². The molecule has 0 saturated heterocycles. The average Bonchev–Trinajstić information content (AvgIpc) is 2.47. The molecular formula is C14H17FO4. The fourth-order valence-electron chi connectivity index (χ4n) is 2.91. The number of rotatable bonds is 3. The second-order valence-electron chi connectivity index (χ2n) is 5.61. The van der Waals surface area contributed by atoms with E-state index in [0.717, 1.165) is 5.56 Å². The summed E-state index contributed by atoms with van der Waals surface area (Å²) in [5, 5.41) is 19.9. The van der Waals surface area contributed by atoms with Crippen molar-refractivity contribution in [2.45, 2.75) is 32.3 Å². The van der Waals surface area contributed by atoms with Gasteiger partial charge in [0.25, 0.3) is 0 Å². The number of hydrogen-bond donors (Lipinski definition) is 2. The Balaban J connectivity index is 2.70. The molecule has 0 heterocycles. The van der Waals surface area contributed by atoms with E-state index in [1.165, 1.54) is 13.2 Å². The van der Waals surface area contributed by atoms with Crippen LogP contribution in [0.3, 0.4) is 0 Å². The Kier molecular flexibility index (Phi) is 3.05. The minimum absolute atomic E-state index is 0.0631. The van der Waals surface area contributed by atoms with Crippen LogP contribution in [-0.2, 0) is 16.8 Å². The van der Waals surface area contributed by atoms with E-state index in [1.807, 2.05) is 0 Å². The summed E-state index contributed by atoms with van der Waals surface area (Å²) < 4.78 is 18.8. The predicted octanol–water partition coefficient (Wildman–Crippen LogP) is 2.08. The van der Waals surface area contributed by atoms with Crippen molar-refractivity contribution in [3.8, 4) is 5.75 Å². The molecule has 4 nitrogen and oxygen atoms in total. The molecule has 0 aliphatic heterocycles. The van der Waals surface area contributed by atoms with E-state index in [1.54, 1.807) is 19.9 Å². The molecule has 0 radical (unpaired) electrons. The molecular weight excluding hydrogens is 251 g/mol. The zero-order valence-electron chi connectivity index (χ0n) is 11.2. The number of hydrogen-bond acceptors (Lipinski definition) is 3. The molecule has 0 aromatic heterocycles. The van der Waals surface area contributed by atoms with E-state index in [9.17, 15) is 14.3 Å². The van der Waals surface area contributed by atoms with Gasteiger partial charge in [0.15, 0.2) is 11.6 Å². The van der Waals surface area contributed by atoms with Gasteiger partial charge in [0.2, 0.25) is 0 Å². The van der Waals surface area contributed by atoms with Gasteiger partial charge in [-0.2, -0.15) is 0 Å². The van der Waals surface area contributed by atoms with E-state index < -0.39 is 29.2 Å². The minimum atomic E-state index is -1.64. The van der Waals surface area contributed by atoms with Crippen molar-refractivity contribution in [3.05, 3.63) is 29.1 Å². The molecule has 1 unspecified atom stereocenters. The number of halogens is 1. The highest BCUT2D eigenvalue weighted by Crippen LogP contribution is 2.55. The first-order valence-corrected chi connectivity index (χ1v) is 6.03. The van der Waals surface area contributed by atoms with Crippen LogP contribution >= 0.6 is 0 Å². The molecule has 0 bridgehead atoms. The summed E-state index contributed by atoms with van der Waals surface area (Å²) in [6.45, 7) is 3.54. The highest BCUT2D eigenvalue weighted by atomic mass is 19.1. The van der Waals surface area contributed by atoms with Crippen LogP contribution in [0.5, 0.6) is 5.75 Å². The smallest absolute Gasteiger partial charge is 0.306 e. The third-order valence-electron chi connectivity index (χ3n) is 3.97. The molecule has 2 rings (SSSR count). The topological polar surface area (TPSA) is 66.8 Å². The normalized spacial score (nSPS) is 24.1. The fraction of sp³-hybridized carbons (Fsp3) is 0.500. The van der Waals surface area contributed by atoms with Crippen molar-refractivity contribution in [2.24, 2.45) is 5.41 Å². The highest BCUT2D eigenvalue weighted by Gasteiger charge is 2.54. The average molecular weight is 268 g/mol. The summed E-state index contributed by atoms with van der Waals surface area (Å²) >= 11 is 0. The molecule has 1 atom stereocenters. The first-order valence-electron chi connectivity index (χ1n) is 6.03. The molecule has 0 fully saturated rings. The van der Waals surface area contributed by atoms with Crippen LogP contribution in [0, 0.1) is 11.2 Å². The fourth-order valence-corrected chi connectivity index (χ4v) is 2.91. The van der Waals surface area contributed by atoms with Crippen LogP contribution in [0.1, 0.15) is 31.4 Å². The maximum atomic E-state index is 13.8. The maximum absolute atomic E-state index is 13.8. The second kappa shape index (κ2) is 4.20. The number of methoxy groups -OCH3 is 1. The van der Waals surface area contributed by atoms with E-state index in [-0.39, 0.29) is 11.3 Å². The maximum Gasteiger partial charge on any atom is 0.306 e. The molecule has 2 N–H and O–H groups in total. The number of ether oxygens (including phenoxy) is 1. The van der Waals surface area contributed by atoms with Gasteiger partial charge in [-0.1, -0.05) is 19.9 Å². The summed E-state index contributed by atoms with van der Waals surface area (Å²) in [5.41, 5.74) is -1.34. The molecule has 5 heteroatoms. The lowest BCUT2D eigenvalue weighted by molar-refractivity contribution is -0.149. The number of fused-ring (bicyclic) bond motifs is 1. The highest BCUT2D eigenvalue weighted by molar-refractivity contribution is 5.70. The molecule has 0 saturated carbocycles. The third-order valence-corrected chi connectivity index (χ3v) is 3.97. The minimum Gasteiger partial charge on any atom is -0.493 e.